The molecular formula is C14H20O5. The molecule has 0 aromatic rings. The lowest BCUT2D eigenvalue weighted by Gasteiger charge is -2.27. The minimum atomic E-state index is -1.15. The van der Waals surface area contributed by atoms with Gasteiger partial charge in [-0.1, -0.05) is 6.58 Å². The fraction of sp³-hybridized carbons (Fsp3) is 0.571. The number of esters is 1. The van der Waals surface area contributed by atoms with Crippen LogP contribution in [0.15, 0.2) is 25.0 Å². The smallest absolute Gasteiger partial charge is 0.331 e. The number of ether oxygens (including phenoxy) is 2. The van der Waals surface area contributed by atoms with Crippen LogP contribution in [0.4, 0.5) is 0 Å². The summed E-state index contributed by atoms with van der Waals surface area (Å²) in [7, 11) is 0. The Hall–Kier alpha value is -1.78. The number of carboxylic acids is 1. The molecule has 1 aliphatic carbocycles. The molecule has 0 aromatic carbocycles. The molecule has 0 bridgehead atoms. The summed E-state index contributed by atoms with van der Waals surface area (Å²) >= 11 is 0. The van der Waals surface area contributed by atoms with Crippen LogP contribution < -0.4 is 0 Å². The molecule has 19 heavy (non-hydrogen) atoms. The Kier molecular flexibility index (Phi) is 6.71. The van der Waals surface area contributed by atoms with Gasteiger partial charge in [0.2, 0.25) is 0 Å². The SMILES string of the molecule is C=COCC1CCC(COC(=O)/C=C/C(=O)O)CC1. The lowest BCUT2D eigenvalue weighted by Crippen LogP contribution is -2.22. The minimum Gasteiger partial charge on any atom is -0.502 e. The van der Waals surface area contributed by atoms with E-state index < -0.39 is 11.9 Å². The van der Waals surface area contributed by atoms with Crippen LogP contribution in [-0.2, 0) is 19.1 Å². The van der Waals surface area contributed by atoms with E-state index >= 15 is 0 Å². The highest BCUT2D eigenvalue weighted by molar-refractivity contribution is 5.90. The van der Waals surface area contributed by atoms with Crippen LogP contribution in [0.1, 0.15) is 25.7 Å². The highest BCUT2D eigenvalue weighted by Crippen LogP contribution is 2.29. The standard InChI is InChI=1S/C14H20O5/c1-2-18-9-11-3-5-12(6-4-11)10-19-14(17)8-7-13(15)16/h2,7-8,11-12H,1,3-6,9-10H2,(H,15,16)/b8-7+. The lowest BCUT2D eigenvalue weighted by atomic mass is 9.83. The zero-order valence-corrected chi connectivity index (χ0v) is 10.9. The summed E-state index contributed by atoms with van der Waals surface area (Å²) in [6, 6.07) is 0. The second-order valence-corrected chi connectivity index (χ2v) is 4.69. The van der Waals surface area contributed by atoms with E-state index in [1.165, 1.54) is 6.26 Å². The molecule has 0 spiro atoms. The first kappa shape index (κ1) is 15.3. The molecule has 1 fully saturated rings. The van der Waals surface area contributed by atoms with E-state index in [9.17, 15) is 9.59 Å². The van der Waals surface area contributed by atoms with Gasteiger partial charge in [0.15, 0.2) is 0 Å². The van der Waals surface area contributed by atoms with Crippen LogP contribution in [0, 0.1) is 11.8 Å². The van der Waals surface area contributed by atoms with Crippen LogP contribution in [0.5, 0.6) is 0 Å². The Balaban J connectivity index is 2.17. The van der Waals surface area contributed by atoms with E-state index in [0.717, 1.165) is 37.8 Å². The van der Waals surface area contributed by atoms with Crippen molar-refractivity contribution in [3.05, 3.63) is 25.0 Å². The zero-order valence-electron chi connectivity index (χ0n) is 10.9. The van der Waals surface area contributed by atoms with Gasteiger partial charge in [-0.3, -0.25) is 0 Å². The second-order valence-electron chi connectivity index (χ2n) is 4.69. The molecule has 5 heteroatoms. The summed E-state index contributed by atoms with van der Waals surface area (Å²) in [4.78, 5) is 21.4. The maximum atomic E-state index is 11.2. The Morgan fingerprint density at radius 1 is 1.11 bits per heavy atom. The average molecular weight is 268 g/mol. The van der Waals surface area contributed by atoms with Crippen LogP contribution in [-0.4, -0.2) is 30.3 Å². The van der Waals surface area contributed by atoms with Gasteiger partial charge < -0.3 is 14.6 Å². The minimum absolute atomic E-state index is 0.359. The van der Waals surface area contributed by atoms with E-state index in [4.69, 9.17) is 14.6 Å². The van der Waals surface area contributed by atoms with Crippen molar-refractivity contribution in [1.29, 1.82) is 0 Å². The lowest BCUT2D eigenvalue weighted by molar-refractivity contribution is -0.140. The highest BCUT2D eigenvalue weighted by Gasteiger charge is 2.22. The van der Waals surface area contributed by atoms with Crippen LogP contribution in [0.2, 0.25) is 0 Å². The van der Waals surface area contributed by atoms with Crippen molar-refractivity contribution in [3.8, 4) is 0 Å². The van der Waals surface area contributed by atoms with Gasteiger partial charge in [0, 0.05) is 12.2 Å². The van der Waals surface area contributed by atoms with Crippen LogP contribution in [0.3, 0.4) is 0 Å². The molecule has 1 rings (SSSR count). The molecule has 0 unspecified atom stereocenters. The van der Waals surface area contributed by atoms with Gasteiger partial charge in [0.05, 0.1) is 19.5 Å². The molecular weight excluding hydrogens is 248 g/mol. The van der Waals surface area contributed by atoms with E-state index in [1.807, 2.05) is 0 Å². The number of rotatable bonds is 7. The molecule has 1 aliphatic rings. The fourth-order valence-electron chi connectivity index (χ4n) is 2.16. The van der Waals surface area contributed by atoms with Crippen molar-refractivity contribution in [2.45, 2.75) is 25.7 Å². The summed E-state index contributed by atoms with van der Waals surface area (Å²) in [5.74, 6) is -0.835. The topological polar surface area (TPSA) is 72.8 Å². The van der Waals surface area contributed by atoms with Crippen LogP contribution >= 0.6 is 0 Å². The summed E-state index contributed by atoms with van der Waals surface area (Å²) in [5, 5.41) is 8.37. The van der Waals surface area contributed by atoms with E-state index in [0.29, 0.717) is 25.0 Å². The van der Waals surface area contributed by atoms with Gasteiger partial charge >= 0.3 is 11.9 Å². The molecule has 0 aliphatic heterocycles. The summed E-state index contributed by atoms with van der Waals surface area (Å²) in [6.07, 6.45) is 7.30. The molecule has 1 saturated carbocycles. The van der Waals surface area contributed by atoms with Gasteiger partial charge in [0.1, 0.15) is 0 Å². The average Bonchev–Trinajstić information content (AvgIpc) is 2.41. The van der Waals surface area contributed by atoms with Crippen molar-refractivity contribution in [1.82, 2.24) is 0 Å². The molecule has 0 saturated heterocycles. The molecule has 0 amide bonds. The number of carboxylic acid groups (broad SMARTS) is 1. The number of carbonyl (C=O) groups excluding carboxylic acids is 1. The quantitative estimate of drug-likeness (QED) is 0.435. The van der Waals surface area contributed by atoms with Crippen molar-refractivity contribution in [3.63, 3.8) is 0 Å². The summed E-state index contributed by atoms with van der Waals surface area (Å²) in [6.45, 7) is 4.58. The Morgan fingerprint density at radius 2 is 1.68 bits per heavy atom. The van der Waals surface area contributed by atoms with Crippen molar-refractivity contribution < 1.29 is 24.2 Å². The first-order chi connectivity index (χ1) is 9.11. The zero-order chi connectivity index (χ0) is 14.1. The summed E-state index contributed by atoms with van der Waals surface area (Å²) in [5.41, 5.74) is 0. The second kappa shape index (κ2) is 8.34. The monoisotopic (exact) mass is 268 g/mol. The first-order valence-electron chi connectivity index (χ1n) is 6.42. The number of aliphatic carboxylic acids is 1. The van der Waals surface area contributed by atoms with Crippen molar-refractivity contribution >= 4 is 11.9 Å². The first-order valence-corrected chi connectivity index (χ1v) is 6.42. The maximum Gasteiger partial charge on any atom is 0.331 e. The molecule has 0 atom stereocenters. The van der Waals surface area contributed by atoms with Crippen molar-refractivity contribution in [2.75, 3.05) is 13.2 Å². The number of hydrogen-bond donors (Lipinski definition) is 1. The molecule has 0 heterocycles. The molecule has 106 valence electrons. The molecule has 5 nitrogen and oxygen atoms in total. The Bertz CT molecular complexity index is 340. The van der Waals surface area contributed by atoms with E-state index in [2.05, 4.69) is 6.58 Å². The number of carbonyl (C=O) groups is 2. The molecule has 1 N–H and O–H groups in total. The van der Waals surface area contributed by atoms with Crippen LogP contribution in [0.25, 0.3) is 0 Å². The van der Waals surface area contributed by atoms with Gasteiger partial charge in [-0.2, -0.15) is 0 Å². The van der Waals surface area contributed by atoms with Gasteiger partial charge in [-0.05, 0) is 37.5 Å². The maximum absolute atomic E-state index is 11.2. The van der Waals surface area contributed by atoms with E-state index in [-0.39, 0.29) is 0 Å². The Morgan fingerprint density at radius 3 is 2.21 bits per heavy atom. The molecule has 0 radical (unpaired) electrons. The fourth-order valence-corrected chi connectivity index (χ4v) is 2.16. The summed E-state index contributed by atoms with van der Waals surface area (Å²) < 4.78 is 10.2. The largest absolute Gasteiger partial charge is 0.502 e. The Labute approximate surface area is 112 Å². The highest BCUT2D eigenvalue weighted by atomic mass is 16.5. The van der Waals surface area contributed by atoms with Gasteiger partial charge in [-0.15, -0.1) is 0 Å². The van der Waals surface area contributed by atoms with E-state index in [1.54, 1.807) is 0 Å². The van der Waals surface area contributed by atoms with Crippen molar-refractivity contribution in [2.24, 2.45) is 11.8 Å². The predicted molar refractivity (Wildman–Crippen MR) is 69.3 cm³/mol. The predicted octanol–water partition coefficient (Wildman–Crippen LogP) is 2.14. The normalized spacial score (nSPS) is 22.9. The van der Waals surface area contributed by atoms with Gasteiger partial charge in [-0.25, -0.2) is 9.59 Å². The third-order valence-electron chi connectivity index (χ3n) is 3.24. The third-order valence-corrected chi connectivity index (χ3v) is 3.24. The van der Waals surface area contributed by atoms with Gasteiger partial charge in [0.25, 0.3) is 0 Å². The third kappa shape index (κ3) is 6.64. The number of hydrogen-bond acceptors (Lipinski definition) is 4. The molecule has 0 aromatic heterocycles.